The van der Waals surface area contributed by atoms with Gasteiger partial charge in [0.25, 0.3) is 0 Å². The van der Waals surface area contributed by atoms with Crippen molar-refractivity contribution in [3.63, 3.8) is 0 Å². The van der Waals surface area contributed by atoms with E-state index in [1.165, 1.54) is 19.3 Å². The second-order valence-electron chi connectivity index (χ2n) is 4.99. The van der Waals surface area contributed by atoms with Crippen molar-refractivity contribution in [1.29, 1.82) is 0 Å². The summed E-state index contributed by atoms with van der Waals surface area (Å²) in [5.41, 5.74) is 0. The van der Waals surface area contributed by atoms with Gasteiger partial charge >= 0.3 is 0 Å². The van der Waals surface area contributed by atoms with E-state index in [0.717, 1.165) is 32.7 Å². The van der Waals surface area contributed by atoms with Gasteiger partial charge in [0.05, 0.1) is 6.54 Å². The van der Waals surface area contributed by atoms with Crippen LogP contribution in [0.2, 0.25) is 0 Å². The van der Waals surface area contributed by atoms with Crippen molar-refractivity contribution in [3.8, 4) is 0 Å². The van der Waals surface area contributed by atoms with Gasteiger partial charge in [-0.2, -0.15) is 0 Å². The molecule has 1 aliphatic rings. The zero-order valence-corrected chi connectivity index (χ0v) is 12.2. The average molecular weight is 255 g/mol. The third-order valence-electron chi connectivity index (χ3n) is 3.83. The third kappa shape index (κ3) is 4.58. The number of likely N-dealkylation sites (N-methyl/N-ethyl adjacent to an activating group) is 2. The fourth-order valence-electron chi connectivity index (χ4n) is 2.66. The molecule has 0 radical (unpaired) electrons. The minimum Gasteiger partial charge on any atom is -0.342 e. The first kappa shape index (κ1) is 15.4. The molecule has 4 heteroatoms. The Hall–Kier alpha value is -0.610. The van der Waals surface area contributed by atoms with Crippen LogP contribution in [0.3, 0.4) is 0 Å². The minimum atomic E-state index is 0.281. The Kier molecular flexibility index (Phi) is 7.28. The van der Waals surface area contributed by atoms with E-state index in [9.17, 15) is 4.79 Å². The predicted molar refractivity (Wildman–Crippen MR) is 75.7 cm³/mol. The summed E-state index contributed by atoms with van der Waals surface area (Å²) in [5, 5.41) is 3.41. The summed E-state index contributed by atoms with van der Waals surface area (Å²) in [6.45, 7) is 11.6. The number of carbonyl (C=O) groups excluding carboxylic acids is 1. The molecular formula is C14H29N3O. The molecule has 1 rings (SSSR count). The summed E-state index contributed by atoms with van der Waals surface area (Å²) in [6, 6.07) is 0.540. The number of likely N-dealkylation sites (tertiary alicyclic amines) is 1. The molecule has 106 valence electrons. The maximum atomic E-state index is 12.2. The fourth-order valence-corrected chi connectivity index (χ4v) is 2.66. The van der Waals surface area contributed by atoms with Gasteiger partial charge in [0.2, 0.25) is 5.91 Å². The van der Waals surface area contributed by atoms with Crippen LogP contribution in [0.15, 0.2) is 0 Å². The minimum absolute atomic E-state index is 0.281. The summed E-state index contributed by atoms with van der Waals surface area (Å²) in [7, 11) is 0. The van der Waals surface area contributed by atoms with Gasteiger partial charge in [0.15, 0.2) is 0 Å². The molecule has 4 nitrogen and oxygen atoms in total. The lowest BCUT2D eigenvalue weighted by Gasteiger charge is -2.36. The number of hydrogen-bond donors (Lipinski definition) is 1. The zero-order valence-electron chi connectivity index (χ0n) is 12.2. The van der Waals surface area contributed by atoms with E-state index in [1.54, 1.807) is 0 Å². The quantitative estimate of drug-likeness (QED) is 0.745. The molecule has 1 atom stereocenters. The maximum Gasteiger partial charge on any atom is 0.236 e. The Morgan fingerprint density at radius 2 is 2.00 bits per heavy atom. The number of piperidine rings is 1. The van der Waals surface area contributed by atoms with Crippen LogP contribution in [0, 0.1) is 0 Å². The highest BCUT2D eigenvalue weighted by molar-refractivity contribution is 5.78. The van der Waals surface area contributed by atoms with Gasteiger partial charge in [0.1, 0.15) is 0 Å². The van der Waals surface area contributed by atoms with E-state index in [1.807, 2.05) is 18.7 Å². The van der Waals surface area contributed by atoms with Crippen LogP contribution >= 0.6 is 0 Å². The number of hydrogen-bond acceptors (Lipinski definition) is 3. The van der Waals surface area contributed by atoms with E-state index in [2.05, 4.69) is 17.1 Å². The van der Waals surface area contributed by atoms with E-state index in [4.69, 9.17) is 0 Å². The van der Waals surface area contributed by atoms with Gasteiger partial charge < -0.3 is 10.2 Å². The lowest BCUT2D eigenvalue weighted by molar-refractivity contribution is -0.133. The highest BCUT2D eigenvalue weighted by atomic mass is 16.2. The lowest BCUT2D eigenvalue weighted by Crippen LogP contribution is -2.50. The smallest absolute Gasteiger partial charge is 0.236 e. The molecular weight excluding hydrogens is 226 g/mol. The molecule has 0 aromatic carbocycles. The highest BCUT2D eigenvalue weighted by Crippen LogP contribution is 2.16. The van der Waals surface area contributed by atoms with Gasteiger partial charge in [-0.3, -0.25) is 9.69 Å². The van der Waals surface area contributed by atoms with E-state index in [-0.39, 0.29) is 5.91 Å². The lowest BCUT2D eigenvalue weighted by atomic mass is 10.0. The fraction of sp³-hybridized carbons (Fsp3) is 0.929. The van der Waals surface area contributed by atoms with Crippen LogP contribution in [0.5, 0.6) is 0 Å². The molecule has 1 fully saturated rings. The van der Waals surface area contributed by atoms with Crippen molar-refractivity contribution in [2.24, 2.45) is 0 Å². The molecule has 0 aromatic heterocycles. The Morgan fingerprint density at radius 3 is 2.61 bits per heavy atom. The van der Waals surface area contributed by atoms with E-state index in [0.29, 0.717) is 12.6 Å². The molecule has 1 saturated heterocycles. The molecule has 0 aliphatic carbocycles. The Balaban J connectivity index is 2.47. The number of nitrogens with one attached hydrogen (secondary N) is 1. The molecule has 1 unspecified atom stereocenters. The molecule has 1 amide bonds. The van der Waals surface area contributed by atoms with Gasteiger partial charge in [-0.25, -0.2) is 0 Å². The Morgan fingerprint density at radius 1 is 1.28 bits per heavy atom. The Bertz CT molecular complexity index is 241. The molecule has 1 N–H and O–H groups in total. The summed E-state index contributed by atoms with van der Waals surface area (Å²) < 4.78 is 0. The van der Waals surface area contributed by atoms with Crippen LogP contribution in [0.1, 0.15) is 40.0 Å². The monoisotopic (exact) mass is 255 g/mol. The molecule has 0 saturated carbocycles. The van der Waals surface area contributed by atoms with Crippen molar-refractivity contribution >= 4 is 5.91 Å². The van der Waals surface area contributed by atoms with Crippen LogP contribution in [0.4, 0.5) is 0 Å². The van der Waals surface area contributed by atoms with Crippen LogP contribution < -0.4 is 5.32 Å². The van der Waals surface area contributed by atoms with E-state index < -0.39 is 0 Å². The first-order valence-electron chi connectivity index (χ1n) is 7.45. The summed E-state index contributed by atoms with van der Waals surface area (Å²) in [5.74, 6) is 0.281. The molecule has 0 bridgehead atoms. The standard InChI is InChI=1S/C14H29N3O/c1-4-15-11-13-9-7-8-10-17(13)12-14(18)16(5-2)6-3/h13,15H,4-12H2,1-3H3. The van der Waals surface area contributed by atoms with Gasteiger partial charge in [0, 0.05) is 25.7 Å². The van der Waals surface area contributed by atoms with Crippen LogP contribution in [-0.4, -0.2) is 61.0 Å². The van der Waals surface area contributed by atoms with Crippen LogP contribution in [-0.2, 0) is 4.79 Å². The first-order chi connectivity index (χ1) is 8.72. The molecule has 1 heterocycles. The predicted octanol–water partition coefficient (Wildman–Crippen LogP) is 1.32. The van der Waals surface area contributed by atoms with Crippen molar-refractivity contribution in [2.45, 2.75) is 46.1 Å². The topological polar surface area (TPSA) is 35.6 Å². The summed E-state index contributed by atoms with van der Waals surface area (Å²) >= 11 is 0. The normalized spacial score (nSPS) is 20.9. The first-order valence-corrected chi connectivity index (χ1v) is 7.45. The second-order valence-corrected chi connectivity index (χ2v) is 4.99. The van der Waals surface area contributed by atoms with Crippen LogP contribution in [0.25, 0.3) is 0 Å². The van der Waals surface area contributed by atoms with Crippen molar-refractivity contribution in [3.05, 3.63) is 0 Å². The molecule has 1 aliphatic heterocycles. The SMILES string of the molecule is CCNCC1CCCCN1CC(=O)N(CC)CC. The molecule has 18 heavy (non-hydrogen) atoms. The summed E-state index contributed by atoms with van der Waals surface area (Å²) in [6.07, 6.45) is 3.75. The number of amides is 1. The number of rotatable bonds is 7. The van der Waals surface area contributed by atoms with Crippen molar-refractivity contribution in [1.82, 2.24) is 15.1 Å². The van der Waals surface area contributed by atoms with Crippen molar-refractivity contribution in [2.75, 3.05) is 39.3 Å². The van der Waals surface area contributed by atoms with E-state index >= 15 is 0 Å². The molecule has 0 spiro atoms. The van der Waals surface area contributed by atoms with Crippen molar-refractivity contribution < 1.29 is 4.79 Å². The number of nitrogens with zero attached hydrogens (tertiary/aromatic N) is 2. The largest absolute Gasteiger partial charge is 0.342 e. The maximum absolute atomic E-state index is 12.2. The average Bonchev–Trinajstić information content (AvgIpc) is 2.39. The number of carbonyl (C=O) groups is 1. The third-order valence-corrected chi connectivity index (χ3v) is 3.83. The second kappa shape index (κ2) is 8.48. The highest BCUT2D eigenvalue weighted by Gasteiger charge is 2.24. The Labute approximate surface area is 112 Å². The molecule has 0 aromatic rings. The van der Waals surface area contributed by atoms with Gasteiger partial charge in [-0.1, -0.05) is 13.3 Å². The van der Waals surface area contributed by atoms with Gasteiger partial charge in [-0.15, -0.1) is 0 Å². The zero-order chi connectivity index (χ0) is 13.4. The van der Waals surface area contributed by atoms with Gasteiger partial charge in [-0.05, 0) is 39.8 Å². The summed E-state index contributed by atoms with van der Waals surface area (Å²) in [4.78, 5) is 16.5.